The Morgan fingerprint density at radius 3 is 1.91 bits per heavy atom. The molecule has 114 valence electrons. The molecule has 0 aliphatic carbocycles. The first-order valence-electron chi connectivity index (χ1n) is 8.06. The van der Waals surface area contributed by atoms with Crippen molar-refractivity contribution >= 4 is 5.91 Å². The van der Waals surface area contributed by atoms with E-state index in [1.165, 1.54) is 22.3 Å². The number of aryl methyl sites for hydroxylation is 1. The van der Waals surface area contributed by atoms with Crippen LogP contribution < -0.4 is 0 Å². The quantitative estimate of drug-likeness (QED) is 0.804. The molecule has 0 unspecified atom stereocenters. The zero-order valence-electron chi connectivity index (χ0n) is 13.4. The Morgan fingerprint density at radius 1 is 0.909 bits per heavy atom. The summed E-state index contributed by atoms with van der Waals surface area (Å²) < 4.78 is 0. The van der Waals surface area contributed by atoms with Crippen molar-refractivity contribution in [2.45, 2.75) is 32.6 Å². The number of nitrogens with zero attached hydrogens (tertiary/aromatic N) is 1. The minimum absolute atomic E-state index is 0.202. The van der Waals surface area contributed by atoms with Crippen molar-refractivity contribution in [3.05, 3.63) is 59.7 Å². The van der Waals surface area contributed by atoms with Gasteiger partial charge in [0, 0.05) is 20.0 Å². The van der Waals surface area contributed by atoms with Gasteiger partial charge in [-0.3, -0.25) is 4.79 Å². The fourth-order valence-electron chi connectivity index (χ4n) is 3.22. The highest BCUT2D eigenvalue weighted by Crippen LogP contribution is 2.30. The van der Waals surface area contributed by atoms with E-state index in [1.54, 1.807) is 6.92 Å². The van der Waals surface area contributed by atoms with Crippen LogP contribution >= 0.6 is 0 Å². The second-order valence-corrected chi connectivity index (χ2v) is 6.27. The number of likely N-dealkylation sites (tertiary alicyclic amines) is 1. The highest BCUT2D eigenvalue weighted by Gasteiger charge is 2.21. The maximum Gasteiger partial charge on any atom is 0.219 e. The van der Waals surface area contributed by atoms with Crippen molar-refractivity contribution in [2.75, 3.05) is 13.1 Å². The molecule has 2 heteroatoms. The number of piperidine rings is 1. The molecule has 2 nitrogen and oxygen atoms in total. The van der Waals surface area contributed by atoms with E-state index in [4.69, 9.17) is 0 Å². The molecule has 1 aliphatic heterocycles. The lowest BCUT2D eigenvalue weighted by atomic mass is 9.88. The first-order valence-corrected chi connectivity index (χ1v) is 8.06. The van der Waals surface area contributed by atoms with Crippen LogP contribution in [-0.2, 0) is 4.79 Å². The summed E-state index contributed by atoms with van der Waals surface area (Å²) in [5, 5.41) is 0. The minimum Gasteiger partial charge on any atom is -0.343 e. The molecule has 0 aromatic heterocycles. The van der Waals surface area contributed by atoms with Crippen molar-refractivity contribution in [3.8, 4) is 11.1 Å². The number of hydrogen-bond acceptors (Lipinski definition) is 1. The van der Waals surface area contributed by atoms with E-state index >= 15 is 0 Å². The largest absolute Gasteiger partial charge is 0.343 e. The van der Waals surface area contributed by atoms with E-state index in [1.807, 2.05) is 4.90 Å². The van der Waals surface area contributed by atoms with Crippen molar-refractivity contribution in [1.29, 1.82) is 0 Å². The van der Waals surface area contributed by atoms with Gasteiger partial charge in [0.1, 0.15) is 0 Å². The van der Waals surface area contributed by atoms with Crippen LogP contribution in [0.1, 0.15) is 36.8 Å². The number of benzene rings is 2. The van der Waals surface area contributed by atoms with Crippen LogP contribution in [-0.4, -0.2) is 23.9 Å². The molecular weight excluding hydrogens is 270 g/mol. The Morgan fingerprint density at radius 2 is 1.41 bits per heavy atom. The third-order valence-electron chi connectivity index (χ3n) is 4.71. The van der Waals surface area contributed by atoms with Crippen LogP contribution in [0.3, 0.4) is 0 Å². The first-order chi connectivity index (χ1) is 10.6. The molecule has 22 heavy (non-hydrogen) atoms. The van der Waals surface area contributed by atoms with Crippen molar-refractivity contribution in [3.63, 3.8) is 0 Å². The van der Waals surface area contributed by atoms with Gasteiger partial charge in [-0.1, -0.05) is 54.1 Å². The van der Waals surface area contributed by atoms with E-state index in [9.17, 15) is 4.79 Å². The van der Waals surface area contributed by atoms with Gasteiger partial charge < -0.3 is 4.90 Å². The van der Waals surface area contributed by atoms with E-state index in [0.717, 1.165) is 25.9 Å². The molecule has 0 saturated carbocycles. The Hall–Kier alpha value is -2.09. The minimum atomic E-state index is 0.202. The van der Waals surface area contributed by atoms with E-state index < -0.39 is 0 Å². The molecule has 0 radical (unpaired) electrons. The van der Waals surface area contributed by atoms with Gasteiger partial charge in [-0.25, -0.2) is 0 Å². The lowest BCUT2D eigenvalue weighted by molar-refractivity contribution is -0.129. The smallest absolute Gasteiger partial charge is 0.219 e. The van der Waals surface area contributed by atoms with Gasteiger partial charge in [-0.15, -0.1) is 0 Å². The molecule has 0 atom stereocenters. The monoisotopic (exact) mass is 293 g/mol. The predicted molar refractivity (Wildman–Crippen MR) is 90.8 cm³/mol. The maximum atomic E-state index is 11.4. The fourth-order valence-corrected chi connectivity index (χ4v) is 3.22. The summed E-state index contributed by atoms with van der Waals surface area (Å²) >= 11 is 0. The summed E-state index contributed by atoms with van der Waals surface area (Å²) in [6.45, 7) is 5.55. The van der Waals surface area contributed by atoms with Crippen LogP contribution in [0.25, 0.3) is 11.1 Å². The maximum absolute atomic E-state index is 11.4. The Balaban J connectivity index is 1.70. The second-order valence-electron chi connectivity index (χ2n) is 6.27. The Labute approximate surface area is 132 Å². The average molecular weight is 293 g/mol. The summed E-state index contributed by atoms with van der Waals surface area (Å²) in [7, 11) is 0. The molecule has 0 spiro atoms. The molecule has 2 aromatic carbocycles. The summed E-state index contributed by atoms with van der Waals surface area (Å²) in [6, 6.07) is 17.6. The molecule has 0 N–H and O–H groups in total. The predicted octanol–water partition coefficient (Wildman–Crippen LogP) is 4.39. The Bertz CT molecular complexity index is 634. The van der Waals surface area contributed by atoms with Gasteiger partial charge in [0.05, 0.1) is 0 Å². The SMILES string of the molecule is CC(=O)N1CCC(c2ccc(-c3ccc(C)cc3)cc2)CC1. The summed E-state index contributed by atoms with van der Waals surface area (Å²) in [5.74, 6) is 0.788. The molecule has 2 aromatic rings. The molecule has 1 saturated heterocycles. The van der Waals surface area contributed by atoms with Gasteiger partial charge >= 0.3 is 0 Å². The third kappa shape index (κ3) is 3.22. The van der Waals surface area contributed by atoms with E-state index in [-0.39, 0.29) is 5.91 Å². The molecule has 1 amide bonds. The summed E-state index contributed by atoms with van der Waals surface area (Å²) in [5.41, 5.74) is 5.23. The number of carbonyl (C=O) groups excluding carboxylic acids is 1. The van der Waals surface area contributed by atoms with Gasteiger partial charge in [0.25, 0.3) is 0 Å². The van der Waals surface area contributed by atoms with Gasteiger partial charge in [0.15, 0.2) is 0 Å². The fraction of sp³-hybridized carbons (Fsp3) is 0.350. The topological polar surface area (TPSA) is 20.3 Å². The summed E-state index contributed by atoms with van der Waals surface area (Å²) in [6.07, 6.45) is 2.15. The molecule has 1 fully saturated rings. The van der Waals surface area contributed by atoms with Crippen LogP contribution in [0.4, 0.5) is 0 Å². The third-order valence-corrected chi connectivity index (χ3v) is 4.71. The van der Waals surface area contributed by atoms with Crippen LogP contribution in [0.5, 0.6) is 0 Å². The normalized spacial score (nSPS) is 15.8. The second kappa shape index (κ2) is 6.35. The van der Waals surface area contributed by atoms with E-state index in [2.05, 4.69) is 55.5 Å². The van der Waals surface area contributed by atoms with Crippen molar-refractivity contribution < 1.29 is 4.79 Å². The van der Waals surface area contributed by atoms with Crippen molar-refractivity contribution in [2.24, 2.45) is 0 Å². The summed E-state index contributed by atoms with van der Waals surface area (Å²) in [4.78, 5) is 13.3. The molecule has 1 heterocycles. The molecule has 0 bridgehead atoms. The lowest BCUT2D eigenvalue weighted by Crippen LogP contribution is -2.36. The number of carbonyl (C=O) groups is 1. The molecule has 1 aliphatic rings. The Kier molecular flexibility index (Phi) is 4.28. The highest BCUT2D eigenvalue weighted by atomic mass is 16.2. The lowest BCUT2D eigenvalue weighted by Gasteiger charge is -2.31. The number of hydrogen-bond donors (Lipinski definition) is 0. The van der Waals surface area contributed by atoms with Gasteiger partial charge in [-0.2, -0.15) is 0 Å². The zero-order valence-corrected chi connectivity index (χ0v) is 13.4. The number of amides is 1. The van der Waals surface area contributed by atoms with Crippen LogP contribution in [0.15, 0.2) is 48.5 Å². The first kappa shape index (κ1) is 14.8. The zero-order chi connectivity index (χ0) is 15.5. The molecule has 3 rings (SSSR count). The van der Waals surface area contributed by atoms with Crippen molar-refractivity contribution in [1.82, 2.24) is 4.90 Å². The highest BCUT2D eigenvalue weighted by molar-refractivity contribution is 5.73. The van der Waals surface area contributed by atoms with Gasteiger partial charge in [0.2, 0.25) is 5.91 Å². The molecular formula is C20H23NO. The van der Waals surface area contributed by atoms with E-state index in [0.29, 0.717) is 5.92 Å². The van der Waals surface area contributed by atoms with Crippen LogP contribution in [0.2, 0.25) is 0 Å². The average Bonchev–Trinajstić information content (AvgIpc) is 2.56. The van der Waals surface area contributed by atoms with Crippen LogP contribution in [0, 0.1) is 6.92 Å². The van der Waals surface area contributed by atoms with Gasteiger partial charge in [-0.05, 0) is 42.4 Å². The number of rotatable bonds is 2. The standard InChI is InChI=1S/C20H23NO/c1-15-3-5-17(6-4-15)18-7-9-19(10-8-18)20-11-13-21(14-12-20)16(2)22/h3-10,20H,11-14H2,1-2H3.